The second kappa shape index (κ2) is 20.5. The number of aromatic nitrogens is 2. The Balaban J connectivity index is 1.32. The molecule has 3 rings (SSSR count). The van der Waals surface area contributed by atoms with Crippen LogP contribution in [0.3, 0.4) is 0 Å². The molecule has 1 heterocycles. The molecule has 3 aromatic rings. The Kier molecular flexibility index (Phi) is 16.5. The third-order valence-corrected chi connectivity index (χ3v) is 8.03. The standard InChI is InChI=1S/C36H56N2O2/c1-3-5-7-9-11-13-15-17-19-21-27-39-31-23-25-33-34-26-24-32(30-36(34)38-37-35(33)29-31)40-28-22-20-18-16-14-12-10-8-6-4-2/h23-26,29-30H,3-22,27-28H2,1-2H3. The number of hydrogen-bond donors (Lipinski definition) is 0. The van der Waals surface area contributed by atoms with Gasteiger partial charge in [0.1, 0.15) is 11.5 Å². The summed E-state index contributed by atoms with van der Waals surface area (Å²) in [6.07, 6.45) is 26.7. The van der Waals surface area contributed by atoms with Gasteiger partial charge in [0.25, 0.3) is 0 Å². The first-order valence-corrected chi connectivity index (χ1v) is 16.8. The summed E-state index contributed by atoms with van der Waals surface area (Å²) in [5.74, 6) is 1.77. The molecule has 0 atom stereocenters. The number of benzene rings is 2. The molecule has 1 aromatic heterocycles. The Morgan fingerprint density at radius 3 is 1.10 bits per heavy atom. The third-order valence-electron chi connectivity index (χ3n) is 8.03. The second-order valence-electron chi connectivity index (χ2n) is 11.6. The van der Waals surface area contributed by atoms with Gasteiger partial charge in [0.05, 0.1) is 24.2 Å². The summed E-state index contributed by atoms with van der Waals surface area (Å²) >= 11 is 0. The lowest BCUT2D eigenvalue weighted by atomic mass is 10.1. The van der Waals surface area contributed by atoms with Gasteiger partial charge in [-0.3, -0.25) is 0 Å². The first-order chi connectivity index (χ1) is 19.8. The van der Waals surface area contributed by atoms with Gasteiger partial charge in [-0.15, -0.1) is 10.2 Å². The number of ether oxygens (including phenoxy) is 2. The Morgan fingerprint density at radius 2 is 0.750 bits per heavy atom. The Labute approximate surface area is 244 Å². The molecule has 0 radical (unpaired) electrons. The predicted molar refractivity (Wildman–Crippen MR) is 172 cm³/mol. The average molecular weight is 549 g/mol. The van der Waals surface area contributed by atoms with E-state index in [4.69, 9.17) is 9.47 Å². The van der Waals surface area contributed by atoms with Gasteiger partial charge in [0, 0.05) is 22.9 Å². The topological polar surface area (TPSA) is 44.2 Å². The summed E-state index contributed by atoms with van der Waals surface area (Å²) in [4.78, 5) is 0. The maximum atomic E-state index is 6.03. The largest absolute Gasteiger partial charge is 0.494 e. The lowest BCUT2D eigenvalue weighted by Gasteiger charge is -2.10. The van der Waals surface area contributed by atoms with Gasteiger partial charge < -0.3 is 9.47 Å². The summed E-state index contributed by atoms with van der Waals surface area (Å²) in [5.41, 5.74) is 1.76. The maximum absolute atomic E-state index is 6.03. The Bertz CT molecular complexity index is 983. The van der Waals surface area contributed by atoms with E-state index in [-0.39, 0.29) is 0 Å². The van der Waals surface area contributed by atoms with Crippen LogP contribution in [0.1, 0.15) is 142 Å². The molecule has 0 spiro atoms. The molecule has 2 aromatic carbocycles. The van der Waals surface area contributed by atoms with Crippen LogP contribution in [0.15, 0.2) is 36.4 Å². The van der Waals surface area contributed by atoms with Crippen molar-refractivity contribution in [2.24, 2.45) is 0 Å². The van der Waals surface area contributed by atoms with E-state index < -0.39 is 0 Å². The van der Waals surface area contributed by atoms with Crippen molar-refractivity contribution in [3.05, 3.63) is 36.4 Å². The van der Waals surface area contributed by atoms with Crippen molar-refractivity contribution >= 4 is 21.8 Å². The molecule has 0 fully saturated rings. The highest BCUT2D eigenvalue weighted by atomic mass is 16.5. The summed E-state index contributed by atoms with van der Waals surface area (Å²) in [7, 11) is 0. The molecule has 222 valence electrons. The van der Waals surface area contributed by atoms with Gasteiger partial charge >= 0.3 is 0 Å². The first kappa shape index (κ1) is 32.2. The van der Waals surface area contributed by atoms with Crippen LogP contribution in [0.4, 0.5) is 0 Å². The number of fused-ring (bicyclic) bond motifs is 3. The quantitative estimate of drug-likeness (QED) is 0.0824. The number of unbranched alkanes of at least 4 members (excludes halogenated alkanes) is 18. The molecular weight excluding hydrogens is 492 g/mol. The smallest absolute Gasteiger partial charge is 0.121 e. The molecular formula is C36H56N2O2. The third kappa shape index (κ3) is 12.4. The molecule has 0 bridgehead atoms. The van der Waals surface area contributed by atoms with Gasteiger partial charge in [0.15, 0.2) is 0 Å². The van der Waals surface area contributed by atoms with Crippen molar-refractivity contribution in [2.75, 3.05) is 13.2 Å². The molecule has 4 heteroatoms. The monoisotopic (exact) mass is 548 g/mol. The van der Waals surface area contributed by atoms with Crippen molar-refractivity contribution in [3.63, 3.8) is 0 Å². The van der Waals surface area contributed by atoms with Crippen molar-refractivity contribution < 1.29 is 9.47 Å². The van der Waals surface area contributed by atoms with Gasteiger partial charge in [-0.25, -0.2) is 0 Å². The highest BCUT2D eigenvalue weighted by Gasteiger charge is 2.07. The lowest BCUT2D eigenvalue weighted by Crippen LogP contribution is -1.99. The fourth-order valence-corrected chi connectivity index (χ4v) is 5.49. The molecule has 0 aliphatic rings. The lowest BCUT2D eigenvalue weighted by molar-refractivity contribution is 0.304. The zero-order chi connectivity index (χ0) is 28.1. The van der Waals surface area contributed by atoms with E-state index in [2.05, 4.69) is 48.3 Å². The molecule has 0 saturated heterocycles. The summed E-state index contributed by atoms with van der Waals surface area (Å²) in [6.45, 7) is 6.09. The van der Waals surface area contributed by atoms with E-state index in [1.54, 1.807) is 0 Å². The van der Waals surface area contributed by atoms with Crippen molar-refractivity contribution in [3.8, 4) is 11.5 Å². The van der Waals surface area contributed by atoms with Gasteiger partial charge in [0.2, 0.25) is 0 Å². The Morgan fingerprint density at radius 1 is 0.425 bits per heavy atom. The van der Waals surface area contributed by atoms with E-state index in [0.717, 1.165) is 59.4 Å². The molecule has 0 aliphatic heterocycles. The summed E-state index contributed by atoms with van der Waals surface area (Å²) in [6, 6.07) is 12.4. The fourth-order valence-electron chi connectivity index (χ4n) is 5.49. The molecule has 4 nitrogen and oxygen atoms in total. The summed E-state index contributed by atoms with van der Waals surface area (Å²) < 4.78 is 12.1. The van der Waals surface area contributed by atoms with E-state index >= 15 is 0 Å². The van der Waals surface area contributed by atoms with Crippen LogP contribution >= 0.6 is 0 Å². The second-order valence-corrected chi connectivity index (χ2v) is 11.6. The molecule has 0 amide bonds. The normalized spacial score (nSPS) is 11.4. The first-order valence-electron chi connectivity index (χ1n) is 16.8. The minimum atomic E-state index is 0.767. The molecule has 40 heavy (non-hydrogen) atoms. The number of hydrogen-bond acceptors (Lipinski definition) is 4. The van der Waals surface area contributed by atoms with Crippen LogP contribution in [-0.4, -0.2) is 23.4 Å². The Hall–Kier alpha value is -2.36. The van der Waals surface area contributed by atoms with Crippen LogP contribution in [0.5, 0.6) is 11.5 Å². The summed E-state index contributed by atoms with van der Waals surface area (Å²) in [5, 5.41) is 11.2. The van der Waals surface area contributed by atoms with Crippen molar-refractivity contribution in [1.82, 2.24) is 10.2 Å². The zero-order valence-electron chi connectivity index (χ0n) is 25.7. The SMILES string of the molecule is CCCCCCCCCCCCOc1ccc2c(c1)nnc1cc(OCCCCCCCCCCCC)ccc12. The maximum Gasteiger partial charge on any atom is 0.121 e. The van der Waals surface area contributed by atoms with E-state index in [0.29, 0.717) is 0 Å². The fraction of sp³-hybridized carbons (Fsp3) is 0.667. The highest BCUT2D eigenvalue weighted by molar-refractivity contribution is 6.04. The van der Waals surface area contributed by atoms with Crippen LogP contribution in [0.25, 0.3) is 21.8 Å². The van der Waals surface area contributed by atoms with E-state index in [1.807, 2.05) is 12.1 Å². The van der Waals surface area contributed by atoms with Crippen LogP contribution in [0, 0.1) is 0 Å². The van der Waals surface area contributed by atoms with Crippen molar-refractivity contribution in [2.45, 2.75) is 142 Å². The number of nitrogens with zero attached hydrogens (tertiary/aromatic N) is 2. The van der Waals surface area contributed by atoms with E-state index in [1.165, 1.54) is 116 Å². The molecule has 0 saturated carbocycles. The zero-order valence-corrected chi connectivity index (χ0v) is 25.7. The van der Waals surface area contributed by atoms with Gasteiger partial charge in [-0.2, -0.15) is 0 Å². The highest BCUT2D eigenvalue weighted by Crippen LogP contribution is 2.28. The minimum Gasteiger partial charge on any atom is -0.494 e. The van der Waals surface area contributed by atoms with E-state index in [9.17, 15) is 0 Å². The molecule has 0 unspecified atom stereocenters. The number of rotatable bonds is 24. The molecule has 0 aliphatic carbocycles. The van der Waals surface area contributed by atoms with Gasteiger partial charge in [-0.1, -0.05) is 129 Å². The minimum absolute atomic E-state index is 0.767. The van der Waals surface area contributed by atoms with Gasteiger partial charge in [-0.05, 0) is 37.1 Å². The molecule has 0 N–H and O–H groups in total. The predicted octanol–water partition coefficient (Wildman–Crippen LogP) is 11.4. The van der Waals surface area contributed by atoms with Crippen LogP contribution in [0.2, 0.25) is 0 Å². The van der Waals surface area contributed by atoms with Crippen molar-refractivity contribution in [1.29, 1.82) is 0 Å². The van der Waals surface area contributed by atoms with Crippen LogP contribution in [-0.2, 0) is 0 Å². The van der Waals surface area contributed by atoms with Crippen LogP contribution < -0.4 is 9.47 Å². The average Bonchev–Trinajstić information content (AvgIpc) is 2.98.